The van der Waals surface area contributed by atoms with E-state index in [2.05, 4.69) is 9.80 Å². The van der Waals surface area contributed by atoms with Crippen LogP contribution in [0.5, 0.6) is 0 Å². The lowest BCUT2D eigenvalue weighted by Gasteiger charge is -2.35. The van der Waals surface area contributed by atoms with Crippen LogP contribution in [0.25, 0.3) is 0 Å². The molecule has 0 saturated carbocycles. The highest BCUT2D eigenvalue weighted by molar-refractivity contribution is 6.31. The molecule has 1 heterocycles. The van der Waals surface area contributed by atoms with Crippen molar-refractivity contribution in [2.24, 2.45) is 0 Å². The fourth-order valence-corrected chi connectivity index (χ4v) is 2.92. The van der Waals surface area contributed by atoms with Crippen LogP contribution in [0.2, 0.25) is 10.0 Å². The molecule has 5 heteroatoms. The Balaban J connectivity index is 1.54. The smallest absolute Gasteiger partial charge is 0.187 e. The largest absolute Gasteiger partial charge is 0.374 e. The summed E-state index contributed by atoms with van der Waals surface area (Å²) in [5.41, 5.74) is 1.83. The first-order valence-electron chi connectivity index (χ1n) is 7.84. The minimum absolute atomic E-state index is 0.00759. The molecule has 0 spiro atoms. The van der Waals surface area contributed by atoms with Gasteiger partial charge in [-0.15, -0.1) is 0 Å². The van der Waals surface area contributed by atoms with Crippen LogP contribution in [0.4, 0.5) is 5.69 Å². The van der Waals surface area contributed by atoms with Crippen molar-refractivity contribution in [3.8, 4) is 0 Å². The molecule has 124 valence electrons. The van der Waals surface area contributed by atoms with E-state index in [1.165, 1.54) is 5.69 Å². The Morgan fingerprint density at radius 3 is 1.96 bits per heavy atom. The molecule has 3 rings (SSSR count). The molecular weight excluding hydrogens is 343 g/mol. The molecule has 1 aliphatic heterocycles. The van der Waals surface area contributed by atoms with Crippen LogP contribution in [-0.4, -0.2) is 36.9 Å². The zero-order valence-corrected chi connectivity index (χ0v) is 14.7. The van der Waals surface area contributed by atoms with Crippen molar-refractivity contribution in [1.82, 2.24) is 4.90 Å². The molecule has 2 aromatic carbocycles. The zero-order chi connectivity index (χ0) is 16.9. The number of benzene rings is 2. The fraction of sp³-hybridized carbons (Fsp3) is 0.211. The summed E-state index contributed by atoms with van der Waals surface area (Å²) in [6.45, 7) is 3.60. The number of nitrogens with zero attached hydrogens (tertiary/aromatic N) is 2. The summed E-state index contributed by atoms with van der Waals surface area (Å²) in [5.74, 6) is -0.00759. The second kappa shape index (κ2) is 7.73. The van der Waals surface area contributed by atoms with Gasteiger partial charge in [-0.05, 0) is 48.5 Å². The summed E-state index contributed by atoms with van der Waals surface area (Å²) in [6.07, 6.45) is 3.51. The van der Waals surface area contributed by atoms with Gasteiger partial charge < -0.3 is 9.80 Å². The highest BCUT2D eigenvalue weighted by Crippen LogP contribution is 2.19. The number of carbonyl (C=O) groups is 1. The SMILES string of the molecule is O=C(/C=C/N1CCN(c2ccc(Cl)cc2)CC1)c1ccc(Cl)cc1. The van der Waals surface area contributed by atoms with E-state index in [9.17, 15) is 4.79 Å². The van der Waals surface area contributed by atoms with Gasteiger partial charge in [-0.3, -0.25) is 4.79 Å². The number of halogens is 2. The minimum atomic E-state index is -0.00759. The number of hydrogen-bond donors (Lipinski definition) is 0. The molecule has 3 nitrogen and oxygen atoms in total. The first kappa shape index (κ1) is 16.9. The molecule has 1 fully saturated rings. The van der Waals surface area contributed by atoms with Gasteiger partial charge >= 0.3 is 0 Å². The molecule has 1 saturated heterocycles. The standard InChI is InChI=1S/C19H18Cl2N2O/c20-16-3-1-15(2-4-16)19(24)9-10-22-11-13-23(14-12-22)18-7-5-17(21)6-8-18/h1-10H,11-14H2/b10-9+. The summed E-state index contributed by atoms with van der Waals surface area (Å²) in [7, 11) is 0. The number of carbonyl (C=O) groups excluding carboxylic acids is 1. The van der Waals surface area contributed by atoms with E-state index in [1.54, 1.807) is 30.3 Å². The molecule has 0 N–H and O–H groups in total. The monoisotopic (exact) mass is 360 g/mol. The molecule has 0 atom stereocenters. The van der Waals surface area contributed by atoms with Crippen LogP contribution in [0.15, 0.2) is 60.8 Å². The van der Waals surface area contributed by atoms with E-state index < -0.39 is 0 Å². The van der Waals surface area contributed by atoms with E-state index in [1.807, 2.05) is 30.5 Å². The Morgan fingerprint density at radius 2 is 1.38 bits per heavy atom. The van der Waals surface area contributed by atoms with Crippen molar-refractivity contribution in [3.05, 3.63) is 76.4 Å². The molecule has 0 radical (unpaired) electrons. The maximum atomic E-state index is 12.1. The van der Waals surface area contributed by atoms with Crippen molar-refractivity contribution in [2.45, 2.75) is 0 Å². The molecule has 0 aliphatic carbocycles. The number of rotatable bonds is 4. The van der Waals surface area contributed by atoms with E-state index in [-0.39, 0.29) is 5.78 Å². The summed E-state index contributed by atoms with van der Waals surface area (Å²) < 4.78 is 0. The maximum absolute atomic E-state index is 12.1. The lowest BCUT2D eigenvalue weighted by Crippen LogP contribution is -2.44. The van der Waals surface area contributed by atoms with Crippen molar-refractivity contribution in [2.75, 3.05) is 31.1 Å². The molecule has 2 aromatic rings. The normalized spacial score (nSPS) is 15.1. The van der Waals surface area contributed by atoms with Gasteiger partial charge in [0, 0.05) is 59.8 Å². The Hall–Kier alpha value is -1.97. The molecule has 24 heavy (non-hydrogen) atoms. The Morgan fingerprint density at radius 1 is 0.833 bits per heavy atom. The molecule has 0 unspecified atom stereocenters. The average molecular weight is 361 g/mol. The van der Waals surface area contributed by atoms with E-state index in [0.29, 0.717) is 10.6 Å². The maximum Gasteiger partial charge on any atom is 0.187 e. The van der Waals surface area contributed by atoms with Crippen molar-refractivity contribution >= 4 is 34.7 Å². The Labute approximate surface area is 152 Å². The number of hydrogen-bond acceptors (Lipinski definition) is 3. The van der Waals surface area contributed by atoms with Crippen LogP contribution in [0, 0.1) is 0 Å². The Bertz CT molecular complexity index is 718. The molecular formula is C19H18Cl2N2O. The summed E-state index contributed by atoms with van der Waals surface area (Å²) in [6, 6.07) is 14.8. The molecule has 0 aromatic heterocycles. The number of allylic oxidation sites excluding steroid dienone is 1. The highest BCUT2D eigenvalue weighted by atomic mass is 35.5. The number of ketones is 1. The quantitative estimate of drug-likeness (QED) is 0.591. The van der Waals surface area contributed by atoms with Gasteiger partial charge in [0.1, 0.15) is 0 Å². The van der Waals surface area contributed by atoms with Crippen LogP contribution >= 0.6 is 23.2 Å². The zero-order valence-electron chi connectivity index (χ0n) is 13.2. The van der Waals surface area contributed by atoms with Gasteiger partial charge in [0.2, 0.25) is 0 Å². The number of anilines is 1. The lowest BCUT2D eigenvalue weighted by molar-refractivity contribution is 0.104. The predicted molar refractivity (Wildman–Crippen MR) is 100 cm³/mol. The van der Waals surface area contributed by atoms with Crippen LogP contribution in [-0.2, 0) is 0 Å². The van der Waals surface area contributed by atoms with Crippen LogP contribution in [0.1, 0.15) is 10.4 Å². The Kier molecular flexibility index (Phi) is 5.44. The van der Waals surface area contributed by atoms with Gasteiger partial charge in [-0.1, -0.05) is 23.2 Å². The van der Waals surface area contributed by atoms with Gasteiger partial charge in [-0.25, -0.2) is 0 Å². The third-order valence-electron chi connectivity index (χ3n) is 4.07. The first-order valence-corrected chi connectivity index (χ1v) is 8.60. The molecule has 1 aliphatic rings. The third-order valence-corrected chi connectivity index (χ3v) is 4.58. The van der Waals surface area contributed by atoms with E-state index in [4.69, 9.17) is 23.2 Å². The van der Waals surface area contributed by atoms with Crippen LogP contribution < -0.4 is 4.90 Å². The fourth-order valence-electron chi connectivity index (χ4n) is 2.66. The summed E-state index contributed by atoms with van der Waals surface area (Å²) in [5, 5.41) is 1.38. The predicted octanol–water partition coefficient (Wildman–Crippen LogP) is 4.51. The van der Waals surface area contributed by atoms with Crippen molar-refractivity contribution in [3.63, 3.8) is 0 Å². The molecule has 0 amide bonds. The molecule has 0 bridgehead atoms. The second-order valence-electron chi connectivity index (χ2n) is 5.69. The topological polar surface area (TPSA) is 23.6 Å². The second-order valence-corrected chi connectivity index (χ2v) is 6.56. The van der Waals surface area contributed by atoms with Gasteiger partial charge in [0.15, 0.2) is 5.78 Å². The first-order chi connectivity index (χ1) is 11.6. The third kappa shape index (κ3) is 4.31. The van der Waals surface area contributed by atoms with Gasteiger partial charge in [-0.2, -0.15) is 0 Å². The van der Waals surface area contributed by atoms with Gasteiger partial charge in [0.05, 0.1) is 0 Å². The minimum Gasteiger partial charge on any atom is -0.374 e. The van der Waals surface area contributed by atoms with E-state index >= 15 is 0 Å². The highest BCUT2D eigenvalue weighted by Gasteiger charge is 2.15. The van der Waals surface area contributed by atoms with Crippen molar-refractivity contribution in [1.29, 1.82) is 0 Å². The summed E-state index contributed by atoms with van der Waals surface area (Å²) in [4.78, 5) is 16.6. The number of piperazine rings is 1. The van der Waals surface area contributed by atoms with Crippen LogP contribution in [0.3, 0.4) is 0 Å². The lowest BCUT2D eigenvalue weighted by atomic mass is 10.1. The summed E-state index contributed by atoms with van der Waals surface area (Å²) >= 11 is 11.8. The average Bonchev–Trinajstić information content (AvgIpc) is 2.61. The van der Waals surface area contributed by atoms with Crippen molar-refractivity contribution < 1.29 is 4.79 Å². The van der Waals surface area contributed by atoms with E-state index in [0.717, 1.165) is 31.2 Å². The van der Waals surface area contributed by atoms with Gasteiger partial charge in [0.25, 0.3) is 0 Å².